The lowest BCUT2D eigenvalue weighted by atomic mass is 10.3. The molecule has 0 unspecified atom stereocenters. The van der Waals surface area contributed by atoms with Crippen molar-refractivity contribution < 1.29 is 9.90 Å². The van der Waals surface area contributed by atoms with E-state index in [4.69, 9.17) is 0 Å². The normalized spacial score (nSPS) is 10.8. The number of halogens is 2. The fourth-order valence-electron chi connectivity index (χ4n) is 2.01. The van der Waals surface area contributed by atoms with Crippen LogP contribution in [-0.2, 0) is 0 Å². The number of pyridine rings is 1. The van der Waals surface area contributed by atoms with Crippen molar-refractivity contribution in [2.75, 3.05) is 5.32 Å². The molecule has 7 heteroatoms. The van der Waals surface area contributed by atoms with Crippen molar-refractivity contribution in [2.45, 2.75) is 0 Å². The zero-order chi connectivity index (χ0) is 15.0. The summed E-state index contributed by atoms with van der Waals surface area (Å²) >= 11 is 6.82. The summed E-state index contributed by atoms with van der Waals surface area (Å²) in [6.45, 7) is 0. The maximum atomic E-state index is 11.5. The van der Waals surface area contributed by atoms with Crippen molar-refractivity contribution in [2.24, 2.45) is 0 Å². The molecule has 5 nitrogen and oxygen atoms in total. The van der Waals surface area contributed by atoms with Gasteiger partial charge in [0.15, 0.2) is 11.5 Å². The van der Waals surface area contributed by atoms with Crippen LogP contribution < -0.4 is 5.32 Å². The maximum absolute atomic E-state index is 11.5. The third kappa shape index (κ3) is 2.66. The van der Waals surface area contributed by atoms with Crippen LogP contribution in [0.25, 0.3) is 5.65 Å². The first-order valence-electron chi connectivity index (χ1n) is 5.99. The first-order chi connectivity index (χ1) is 10.1. The quantitative estimate of drug-likeness (QED) is 0.675. The third-order valence-corrected chi connectivity index (χ3v) is 4.10. The molecule has 0 aliphatic carbocycles. The number of imidazole rings is 1. The van der Waals surface area contributed by atoms with E-state index in [-0.39, 0.29) is 5.69 Å². The van der Waals surface area contributed by atoms with Gasteiger partial charge in [0.25, 0.3) is 0 Å². The Morgan fingerprint density at radius 3 is 2.81 bits per heavy atom. The van der Waals surface area contributed by atoms with Crippen LogP contribution in [0.2, 0.25) is 0 Å². The van der Waals surface area contributed by atoms with E-state index in [1.54, 1.807) is 18.3 Å². The Balaban J connectivity index is 2.14. The van der Waals surface area contributed by atoms with Gasteiger partial charge in [-0.2, -0.15) is 0 Å². The molecule has 0 radical (unpaired) electrons. The van der Waals surface area contributed by atoms with Crippen LogP contribution in [0.3, 0.4) is 0 Å². The molecule has 2 heterocycles. The zero-order valence-electron chi connectivity index (χ0n) is 10.5. The summed E-state index contributed by atoms with van der Waals surface area (Å²) in [5.74, 6) is -0.741. The minimum Gasteiger partial charge on any atom is -0.476 e. The summed E-state index contributed by atoms with van der Waals surface area (Å²) in [4.78, 5) is 15.9. The van der Waals surface area contributed by atoms with E-state index < -0.39 is 5.97 Å². The molecular weight excluding hydrogens is 402 g/mol. The first-order valence-corrected chi connectivity index (χ1v) is 7.57. The monoisotopic (exact) mass is 409 g/mol. The highest BCUT2D eigenvalue weighted by Crippen LogP contribution is 2.30. The van der Waals surface area contributed by atoms with Crippen LogP contribution in [0.4, 0.5) is 11.5 Å². The van der Waals surface area contributed by atoms with Crippen LogP contribution in [0.15, 0.2) is 51.5 Å². The van der Waals surface area contributed by atoms with Gasteiger partial charge in [-0.15, -0.1) is 0 Å². The number of carboxylic acids is 1. The second-order valence-electron chi connectivity index (χ2n) is 4.29. The van der Waals surface area contributed by atoms with E-state index in [0.29, 0.717) is 11.5 Å². The third-order valence-electron chi connectivity index (χ3n) is 2.91. The van der Waals surface area contributed by atoms with Gasteiger partial charge in [0.1, 0.15) is 5.65 Å². The largest absolute Gasteiger partial charge is 0.476 e. The molecule has 0 aliphatic rings. The minimum absolute atomic E-state index is 0.0949. The van der Waals surface area contributed by atoms with Crippen LogP contribution in [0, 0.1) is 0 Å². The predicted octanol–water partition coefficient (Wildman–Crippen LogP) is 4.30. The molecule has 1 aromatic carbocycles. The SMILES string of the molecule is O=C(O)c1c(Nc2cc(Br)ccc2Br)nc2ccccn12. The topological polar surface area (TPSA) is 66.6 Å². The average Bonchev–Trinajstić information content (AvgIpc) is 2.80. The highest BCUT2D eigenvalue weighted by molar-refractivity contribution is 9.11. The number of fused-ring (bicyclic) bond motifs is 1. The number of aromatic nitrogens is 2. The molecule has 3 aromatic rings. The number of benzene rings is 1. The Bertz CT molecular complexity index is 845. The number of carboxylic acid groups (broad SMARTS) is 1. The van der Waals surface area contributed by atoms with E-state index in [2.05, 4.69) is 42.2 Å². The molecule has 2 aromatic heterocycles. The van der Waals surface area contributed by atoms with Crippen LogP contribution in [0.1, 0.15) is 10.5 Å². The van der Waals surface area contributed by atoms with Crippen molar-refractivity contribution in [3.63, 3.8) is 0 Å². The fraction of sp³-hybridized carbons (Fsp3) is 0. The van der Waals surface area contributed by atoms with Crippen LogP contribution in [-0.4, -0.2) is 20.5 Å². The summed E-state index contributed by atoms with van der Waals surface area (Å²) < 4.78 is 3.24. The van der Waals surface area contributed by atoms with E-state index in [0.717, 1.165) is 14.6 Å². The number of carbonyl (C=O) groups is 1. The Hall–Kier alpha value is -1.86. The lowest BCUT2D eigenvalue weighted by molar-refractivity contribution is 0.0690. The molecule has 3 rings (SSSR count). The highest BCUT2D eigenvalue weighted by atomic mass is 79.9. The number of rotatable bonds is 3. The number of nitrogens with one attached hydrogen (secondary N) is 1. The first kappa shape index (κ1) is 14.1. The maximum Gasteiger partial charge on any atom is 0.356 e. The molecule has 0 spiro atoms. The molecule has 0 fully saturated rings. The molecular formula is C14H9Br2N3O2. The number of hydrogen-bond acceptors (Lipinski definition) is 3. The van der Waals surface area contributed by atoms with Gasteiger partial charge in [0.2, 0.25) is 0 Å². The molecule has 106 valence electrons. The minimum atomic E-state index is -1.04. The Morgan fingerprint density at radius 1 is 1.24 bits per heavy atom. The van der Waals surface area contributed by atoms with Crippen molar-refractivity contribution >= 4 is 55.0 Å². The number of hydrogen-bond donors (Lipinski definition) is 2. The van der Waals surface area contributed by atoms with Gasteiger partial charge in [-0.25, -0.2) is 9.78 Å². The smallest absolute Gasteiger partial charge is 0.356 e. The van der Waals surface area contributed by atoms with Gasteiger partial charge in [0, 0.05) is 15.1 Å². The number of aromatic carboxylic acids is 1. The molecule has 0 amide bonds. The van der Waals surface area contributed by atoms with Crippen molar-refractivity contribution in [1.82, 2.24) is 9.38 Å². The summed E-state index contributed by atoms with van der Waals surface area (Å²) in [6.07, 6.45) is 1.67. The lowest BCUT2D eigenvalue weighted by Crippen LogP contribution is -2.05. The summed E-state index contributed by atoms with van der Waals surface area (Å²) in [5, 5.41) is 12.5. The van der Waals surface area contributed by atoms with Gasteiger partial charge in [-0.3, -0.25) is 4.40 Å². The number of nitrogens with zero attached hydrogens (tertiary/aromatic N) is 2. The summed E-state index contributed by atoms with van der Waals surface area (Å²) in [6, 6.07) is 10.9. The van der Waals surface area contributed by atoms with Crippen molar-refractivity contribution in [3.8, 4) is 0 Å². The van der Waals surface area contributed by atoms with Crippen molar-refractivity contribution in [1.29, 1.82) is 0 Å². The molecule has 0 atom stereocenters. The Morgan fingerprint density at radius 2 is 2.05 bits per heavy atom. The molecule has 0 saturated carbocycles. The van der Waals surface area contributed by atoms with E-state index >= 15 is 0 Å². The van der Waals surface area contributed by atoms with Crippen LogP contribution >= 0.6 is 31.9 Å². The summed E-state index contributed by atoms with van der Waals surface area (Å²) in [7, 11) is 0. The molecule has 2 N–H and O–H groups in total. The zero-order valence-corrected chi connectivity index (χ0v) is 13.7. The lowest BCUT2D eigenvalue weighted by Gasteiger charge is -2.07. The number of anilines is 2. The Labute approximate surface area is 136 Å². The summed E-state index contributed by atoms with van der Waals surface area (Å²) in [5.41, 5.74) is 1.40. The van der Waals surface area contributed by atoms with Gasteiger partial charge < -0.3 is 10.4 Å². The van der Waals surface area contributed by atoms with E-state index in [1.807, 2.05) is 24.3 Å². The van der Waals surface area contributed by atoms with Gasteiger partial charge in [-0.1, -0.05) is 22.0 Å². The van der Waals surface area contributed by atoms with E-state index in [9.17, 15) is 9.90 Å². The highest BCUT2D eigenvalue weighted by Gasteiger charge is 2.19. The van der Waals surface area contributed by atoms with Gasteiger partial charge in [-0.05, 0) is 46.3 Å². The fourth-order valence-corrected chi connectivity index (χ4v) is 2.72. The van der Waals surface area contributed by atoms with Gasteiger partial charge in [0.05, 0.1) is 5.69 Å². The molecule has 0 saturated heterocycles. The average molecular weight is 411 g/mol. The molecule has 0 bridgehead atoms. The predicted molar refractivity (Wildman–Crippen MR) is 87.3 cm³/mol. The van der Waals surface area contributed by atoms with E-state index in [1.165, 1.54) is 4.40 Å². The standard InChI is InChI=1S/C14H9Br2N3O2/c15-8-4-5-9(16)10(7-8)17-13-12(14(20)21)19-6-2-1-3-11(19)18-13/h1-7,17H,(H,20,21). The molecule has 0 aliphatic heterocycles. The molecule has 21 heavy (non-hydrogen) atoms. The second-order valence-corrected chi connectivity index (χ2v) is 6.06. The van der Waals surface area contributed by atoms with Gasteiger partial charge >= 0.3 is 5.97 Å². The van der Waals surface area contributed by atoms with Crippen LogP contribution in [0.5, 0.6) is 0 Å². The van der Waals surface area contributed by atoms with Crippen molar-refractivity contribution in [3.05, 3.63) is 57.2 Å². The Kier molecular flexibility index (Phi) is 3.69. The second kappa shape index (κ2) is 5.50.